The number of H-pyrrole nitrogens is 1. The lowest BCUT2D eigenvalue weighted by Crippen LogP contribution is -2.57. The molecule has 37 heavy (non-hydrogen) atoms. The van der Waals surface area contributed by atoms with E-state index >= 15 is 0 Å². The Kier molecular flexibility index (Phi) is 14.7. The number of thiol groups is 1. The summed E-state index contributed by atoms with van der Waals surface area (Å²) in [5.74, 6) is -3.22. The minimum Gasteiger partial charge on any atom is -0.480 e. The van der Waals surface area contributed by atoms with Gasteiger partial charge in [0.25, 0.3) is 0 Å². The maximum atomic E-state index is 13.1. The number of guanidine groups is 1. The molecule has 0 aromatic carbocycles. The van der Waals surface area contributed by atoms with Crippen LogP contribution in [0, 0.1) is 0 Å². The Labute approximate surface area is 220 Å². The van der Waals surface area contributed by atoms with E-state index in [0.29, 0.717) is 31.5 Å². The summed E-state index contributed by atoms with van der Waals surface area (Å²) in [5, 5.41) is 17.2. The molecular weight excluding hydrogens is 504 g/mol. The lowest BCUT2D eigenvalue weighted by atomic mass is 10.1. The summed E-state index contributed by atoms with van der Waals surface area (Å²) in [7, 11) is 0. The quantitative estimate of drug-likeness (QED) is 0.0387. The van der Waals surface area contributed by atoms with Gasteiger partial charge in [-0.15, -0.1) is 0 Å². The highest BCUT2D eigenvalue weighted by atomic mass is 32.1. The fourth-order valence-electron chi connectivity index (χ4n) is 3.25. The normalized spacial score (nSPS) is 14.0. The van der Waals surface area contributed by atoms with Gasteiger partial charge in [0.05, 0.1) is 12.4 Å². The fraction of sp³-hybridized carbons (Fsp3) is 0.619. The van der Waals surface area contributed by atoms with Crippen LogP contribution in [0.1, 0.15) is 37.8 Å². The standard InChI is InChI=1S/C21H38N10O5S/c22-6-2-1-4-14(29-17(32)13(23)10-37)18(33)31-16(8-12-9-26-11-28-12)19(34)30-15(20(35)36)5-3-7-27-21(24)25/h9,11,13-16,37H,1-8,10,22-23H2,(H,26,28)(H,29,32)(H,30,34)(H,31,33)(H,35,36)(H4,24,25,27). The van der Waals surface area contributed by atoms with E-state index in [0.717, 1.165) is 0 Å². The van der Waals surface area contributed by atoms with Gasteiger partial charge in [-0.05, 0) is 38.6 Å². The topological polar surface area (TPSA) is 270 Å². The highest BCUT2D eigenvalue weighted by Gasteiger charge is 2.30. The molecule has 0 aliphatic carbocycles. The molecule has 4 unspecified atom stereocenters. The number of hydrogen-bond acceptors (Lipinski definition) is 9. The lowest BCUT2D eigenvalue weighted by molar-refractivity contribution is -0.142. The number of aromatic amines is 1. The predicted molar refractivity (Wildman–Crippen MR) is 140 cm³/mol. The van der Waals surface area contributed by atoms with Crippen molar-refractivity contribution in [2.75, 3.05) is 18.8 Å². The van der Waals surface area contributed by atoms with E-state index in [4.69, 9.17) is 22.9 Å². The third-order valence-electron chi connectivity index (χ3n) is 5.29. The third kappa shape index (κ3) is 12.4. The monoisotopic (exact) mass is 542 g/mol. The van der Waals surface area contributed by atoms with Crippen LogP contribution in [0.2, 0.25) is 0 Å². The number of carboxylic acid groups (broad SMARTS) is 1. The molecular formula is C21H38N10O5S. The number of unbranched alkanes of at least 4 members (excludes halogenated alkanes) is 1. The number of aliphatic carboxylic acids is 1. The molecule has 15 nitrogen and oxygen atoms in total. The van der Waals surface area contributed by atoms with Gasteiger partial charge in [-0.25, -0.2) is 9.78 Å². The van der Waals surface area contributed by atoms with Crippen LogP contribution < -0.4 is 38.9 Å². The van der Waals surface area contributed by atoms with Gasteiger partial charge in [0.2, 0.25) is 17.7 Å². The molecule has 0 saturated heterocycles. The van der Waals surface area contributed by atoms with Crippen molar-refractivity contribution in [1.29, 1.82) is 0 Å². The van der Waals surface area contributed by atoms with Crippen molar-refractivity contribution in [2.45, 2.75) is 62.7 Å². The van der Waals surface area contributed by atoms with E-state index in [-0.39, 0.29) is 37.5 Å². The highest BCUT2D eigenvalue weighted by molar-refractivity contribution is 7.80. The maximum absolute atomic E-state index is 13.1. The largest absolute Gasteiger partial charge is 0.480 e. The number of imidazole rings is 1. The Morgan fingerprint density at radius 2 is 1.62 bits per heavy atom. The molecule has 0 fully saturated rings. The van der Waals surface area contributed by atoms with Crippen LogP contribution in [0.4, 0.5) is 0 Å². The molecule has 0 spiro atoms. The van der Waals surface area contributed by atoms with Gasteiger partial charge in [0, 0.05) is 30.6 Å². The number of carboxylic acids is 1. The van der Waals surface area contributed by atoms with Gasteiger partial charge in [-0.3, -0.25) is 19.4 Å². The number of hydrogen-bond donors (Lipinski definition) is 10. The zero-order valence-corrected chi connectivity index (χ0v) is 21.5. The summed E-state index contributed by atoms with van der Waals surface area (Å²) < 4.78 is 0. The van der Waals surface area contributed by atoms with E-state index in [1.807, 2.05) is 0 Å². The van der Waals surface area contributed by atoms with Crippen LogP contribution in [0.5, 0.6) is 0 Å². The number of carbonyl (C=O) groups is 4. The summed E-state index contributed by atoms with van der Waals surface area (Å²) >= 11 is 4.00. The first-order valence-corrected chi connectivity index (χ1v) is 12.4. The number of amides is 3. The SMILES string of the molecule is NCCCCC(NC(=O)C(N)CS)C(=O)NC(Cc1cnc[nH]1)C(=O)NC(CCCN=C(N)N)C(=O)O. The smallest absolute Gasteiger partial charge is 0.326 e. The summed E-state index contributed by atoms with van der Waals surface area (Å²) in [4.78, 5) is 60.8. The van der Waals surface area contributed by atoms with E-state index < -0.39 is 47.9 Å². The van der Waals surface area contributed by atoms with Crippen LogP contribution in [-0.4, -0.2) is 87.7 Å². The summed E-state index contributed by atoms with van der Waals surface area (Å²) in [6.45, 7) is 0.595. The molecule has 0 radical (unpaired) electrons. The van der Waals surface area contributed by atoms with Gasteiger partial charge in [0.1, 0.15) is 18.1 Å². The van der Waals surface area contributed by atoms with Crippen LogP contribution in [0.15, 0.2) is 17.5 Å². The average Bonchev–Trinajstić information content (AvgIpc) is 3.36. The van der Waals surface area contributed by atoms with Gasteiger partial charge >= 0.3 is 5.97 Å². The second-order valence-corrected chi connectivity index (χ2v) is 8.69. The molecule has 1 aromatic rings. The van der Waals surface area contributed by atoms with Gasteiger partial charge in [-0.1, -0.05) is 0 Å². The van der Waals surface area contributed by atoms with E-state index in [9.17, 15) is 24.3 Å². The van der Waals surface area contributed by atoms with Gasteiger partial charge < -0.3 is 49.0 Å². The second kappa shape index (κ2) is 17.1. The highest BCUT2D eigenvalue weighted by Crippen LogP contribution is 2.06. The number of aliphatic imine (C=N–C) groups is 1. The molecule has 0 aliphatic rings. The Balaban J connectivity index is 3.01. The van der Waals surface area contributed by atoms with E-state index in [1.54, 1.807) is 0 Å². The summed E-state index contributed by atoms with van der Waals surface area (Å²) in [6, 6.07) is -4.32. The van der Waals surface area contributed by atoms with Gasteiger partial charge in [-0.2, -0.15) is 12.6 Å². The Bertz CT molecular complexity index is 894. The van der Waals surface area contributed by atoms with Crippen LogP contribution >= 0.6 is 12.6 Å². The molecule has 0 bridgehead atoms. The number of nitrogens with one attached hydrogen (secondary N) is 4. The van der Waals surface area contributed by atoms with Crippen molar-refractivity contribution in [2.24, 2.45) is 27.9 Å². The lowest BCUT2D eigenvalue weighted by Gasteiger charge is -2.25. The van der Waals surface area contributed by atoms with Crippen LogP contribution in [0.3, 0.4) is 0 Å². The first-order valence-electron chi connectivity index (χ1n) is 11.8. The minimum absolute atomic E-state index is 0.00245. The molecule has 0 aliphatic heterocycles. The maximum Gasteiger partial charge on any atom is 0.326 e. The second-order valence-electron chi connectivity index (χ2n) is 8.33. The first kappa shape index (κ1) is 31.7. The molecule has 3 amide bonds. The Hall–Kier alpha value is -3.37. The number of rotatable bonds is 18. The van der Waals surface area contributed by atoms with Crippen molar-refractivity contribution in [3.63, 3.8) is 0 Å². The first-order chi connectivity index (χ1) is 17.6. The number of aromatic nitrogens is 2. The van der Waals surface area contributed by atoms with Crippen molar-refractivity contribution >= 4 is 42.3 Å². The zero-order valence-electron chi connectivity index (χ0n) is 20.6. The Morgan fingerprint density at radius 3 is 2.19 bits per heavy atom. The molecule has 4 atom stereocenters. The van der Waals surface area contributed by atoms with Crippen LogP contribution in [-0.2, 0) is 25.6 Å². The molecule has 0 saturated carbocycles. The molecule has 208 valence electrons. The zero-order chi connectivity index (χ0) is 27.8. The minimum atomic E-state index is -1.25. The molecule has 13 N–H and O–H groups in total. The van der Waals surface area contributed by atoms with E-state index in [1.165, 1.54) is 12.5 Å². The molecule has 1 heterocycles. The van der Waals surface area contributed by atoms with Crippen LogP contribution in [0.25, 0.3) is 0 Å². The fourth-order valence-corrected chi connectivity index (χ4v) is 3.42. The van der Waals surface area contributed by atoms with Crippen molar-refractivity contribution < 1.29 is 24.3 Å². The number of nitrogens with two attached hydrogens (primary N) is 4. The Morgan fingerprint density at radius 1 is 1.00 bits per heavy atom. The average molecular weight is 543 g/mol. The van der Waals surface area contributed by atoms with Gasteiger partial charge in [0.15, 0.2) is 5.96 Å². The van der Waals surface area contributed by atoms with Crippen molar-refractivity contribution in [1.82, 2.24) is 25.9 Å². The predicted octanol–water partition coefficient (Wildman–Crippen LogP) is -3.07. The summed E-state index contributed by atoms with van der Waals surface area (Å²) in [6.07, 6.45) is 4.66. The van der Waals surface area contributed by atoms with E-state index in [2.05, 4.69) is 43.5 Å². The van der Waals surface area contributed by atoms with Crippen molar-refractivity contribution in [3.05, 3.63) is 18.2 Å². The molecule has 16 heteroatoms. The summed E-state index contributed by atoms with van der Waals surface area (Å²) in [5.41, 5.74) is 22.3. The molecule has 1 rings (SSSR count). The number of nitrogens with zero attached hydrogens (tertiary/aromatic N) is 2. The third-order valence-corrected chi connectivity index (χ3v) is 5.68. The van der Waals surface area contributed by atoms with Crippen molar-refractivity contribution in [3.8, 4) is 0 Å². The number of carbonyl (C=O) groups excluding carboxylic acids is 3. The molecule has 1 aromatic heterocycles.